The number of benzene rings is 2. The van der Waals surface area contributed by atoms with E-state index in [1.165, 1.54) is 0 Å². The van der Waals surface area contributed by atoms with E-state index in [2.05, 4.69) is 0 Å². The first kappa shape index (κ1) is 17.1. The summed E-state index contributed by atoms with van der Waals surface area (Å²) in [7, 11) is 0. The van der Waals surface area contributed by atoms with Crippen molar-refractivity contribution in [3.63, 3.8) is 0 Å². The first-order chi connectivity index (χ1) is 12.0. The monoisotopic (exact) mass is 355 g/mol. The molecule has 0 saturated carbocycles. The Bertz CT molecular complexity index is 858. The molecule has 6 heteroatoms. The molecule has 1 aliphatic heterocycles. The van der Waals surface area contributed by atoms with E-state index in [-0.39, 0.29) is 16.9 Å². The first-order valence-electron chi connectivity index (χ1n) is 7.81. The van der Waals surface area contributed by atoms with Crippen molar-refractivity contribution in [1.82, 2.24) is 0 Å². The molecular formula is C19H17NO4S. The number of hydrogen-bond acceptors (Lipinski definition) is 5. The number of ether oxygens (including phenoxy) is 1. The van der Waals surface area contributed by atoms with Gasteiger partial charge >= 0.3 is 0 Å². The Morgan fingerprint density at radius 3 is 2.48 bits per heavy atom. The molecule has 5 nitrogen and oxygen atoms in total. The number of anilines is 1. The summed E-state index contributed by atoms with van der Waals surface area (Å²) in [5, 5.41) is 9.05. The summed E-state index contributed by atoms with van der Waals surface area (Å²) in [4.78, 5) is 26.9. The largest absolute Gasteiger partial charge is 0.508 e. The predicted molar refractivity (Wildman–Crippen MR) is 98.8 cm³/mol. The van der Waals surface area contributed by atoms with Crippen LogP contribution in [0, 0.1) is 0 Å². The molecular weight excluding hydrogens is 338 g/mol. The van der Waals surface area contributed by atoms with Crippen LogP contribution in [0.1, 0.15) is 19.4 Å². The summed E-state index contributed by atoms with van der Waals surface area (Å²) in [6.45, 7) is 4.08. The average Bonchev–Trinajstić information content (AvgIpc) is 2.90. The number of para-hydroxylation sites is 2. The van der Waals surface area contributed by atoms with Gasteiger partial charge in [-0.25, -0.2) is 4.90 Å². The minimum atomic E-state index is -0.368. The van der Waals surface area contributed by atoms with Gasteiger partial charge in [-0.1, -0.05) is 24.3 Å². The summed E-state index contributed by atoms with van der Waals surface area (Å²) in [6.07, 6.45) is 0. The molecule has 0 atom stereocenters. The van der Waals surface area contributed by atoms with Gasteiger partial charge in [0.25, 0.3) is 11.1 Å². The van der Waals surface area contributed by atoms with E-state index in [0.717, 1.165) is 22.2 Å². The third-order valence-electron chi connectivity index (χ3n) is 3.82. The molecule has 0 aromatic heterocycles. The number of amides is 2. The number of thioether (sulfide) groups is 1. The fourth-order valence-electron chi connectivity index (χ4n) is 2.57. The third kappa shape index (κ3) is 3.25. The van der Waals surface area contributed by atoms with Crippen molar-refractivity contribution in [2.75, 3.05) is 11.5 Å². The average molecular weight is 355 g/mol. The summed E-state index contributed by atoms with van der Waals surface area (Å²) in [5.41, 5.74) is 1.92. The number of phenols is 1. The van der Waals surface area contributed by atoms with Crippen LogP contribution in [0.3, 0.4) is 0 Å². The van der Waals surface area contributed by atoms with Gasteiger partial charge in [0.15, 0.2) is 0 Å². The van der Waals surface area contributed by atoms with E-state index < -0.39 is 0 Å². The van der Waals surface area contributed by atoms with E-state index in [9.17, 15) is 14.7 Å². The van der Waals surface area contributed by atoms with Crippen LogP contribution >= 0.6 is 11.8 Å². The van der Waals surface area contributed by atoms with Crippen LogP contribution in [0.25, 0.3) is 5.57 Å². The van der Waals surface area contributed by atoms with Crippen molar-refractivity contribution in [2.45, 2.75) is 13.8 Å². The molecule has 25 heavy (non-hydrogen) atoms. The normalized spacial score (nSPS) is 16.3. The number of allylic oxidation sites excluding steroid dienone is 1. The lowest BCUT2D eigenvalue weighted by Gasteiger charge is -2.17. The Labute approximate surface area is 149 Å². The Kier molecular flexibility index (Phi) is 4.81. The van der Waals surface area contributed by atoms with E-state index in [1.807, 2.05) is 6.92 Å². The van der Waals surface area contributed by atoms with Gasteiger partial charge in [0, 0.05) is 0 Å². The van der Waals surface area contributed by atoms with Gasteiger partial charge in [-0.2, -0.15) is 0 Å². The van der Waals surface area contributed by atoms with Crippen LogP contribution in [-0.4, -0.2) is 22.9 Å². The van der Waals surface area contributed by atoms with Gasteiger partial charge in [0.1, 0.15) is 11.5 Å². The van der Waals surface area contributed by atoms with E-state index in [0.29, 0.717) is 28.5 Å². The second-order valence-electron chi connectivity index (χ2n) is 5.41. The highest BCUT2D eigenvalue weighted by molar-refractivity contribution is 8.19. The zero-order valence-electron chi connectivity index (χ0n) is 13.9. The van der Waals surface area contributed by atoms with Crippen LogP contribution in [0.5, 0.6) is 11.5 Å². The predicted octanol–water partition coefficient (Wildman–Crippen LogP) is 4.42. The molecule has 1 N–H and O–H groups in total. The molecule has 1 saturated heterocycles. The number of rotatable bonds is 4. The highest BCUT2D eigenvalue weighted by Gasteiger charge is 2.39. The lowest BCUT2D eigenvalue weighted by Crippen LogP contribution is -2.28. The van der Waals surface area contributed by atoms with Crippen LogP contribution in [-0.2, 0) is 4.79 Å². The molecule has 3 rings (SSSR count). The van der Waals surface area contributed by atoms with Crippen LogP contribution in [0.2, 0.25) is 0 Å². The van der Waals surface area contributed by atoms with Crippen LogP contribution < -0.4 is 9.64 Å². The quantitative estimate of drug-likeness (QED) is 0.822. The molecule has 0 spiro atoms. The highest BCUT2D eigenvalue weighted by atomic mass is 32.2. The number of phenolic OH excluding ortho intramolecular Hbond substituents is 1. The lowest BCUT2D eigenvalue weighted by atomic mass is 10.1. The van der Waals surface area contributed by atoms with Crippen molar-refractivity contribution in [1.29, 1.82) is 0 Å². The van der Waals surface area contributed by atoms with Crippen LogP contribution in [0.15, 0.2) is 53.4 Å². The number of carbonyl (C=O) groups is 2. The Morgan fingerprint density at radius 2 is 1.80 bits per heavy atom. The Hall–Kier alpha value is -2.73. The molecule has 0 radical (unpaired) electrons. The third-order valence-corrected chi connectivity index (χ3v) is 4.86. The second-order valence-corrected chi connectivity index (χ2v) is 6.37. The van der Waals surface area contributed by atoms with E-state index in [4.69, 9.17) is 4.74 Å². The standard InChI is InChI=1S/C19H17NO4S/c1-3-24-16-7-5-4-6-15(16)20-18(22)17(25-19(20)23)12(2)13-8-10-14(21)11-9-13/h4-11,21H,3H2,1-2H3/b17-12-. The van der Waals surface area contributed by atoms with Gasteiger partial charge in [-0.15, -0.1) is 0 Å². The van der Waals surface area contributed by atoms with Gasteiger partial charge in [-0.05, 0) is 61.0 Å². The summed E-state index contributed by atoms with van der Waals surface area (Å²) in [5.74, 6) is 0.277. The van der Waals surface area contributed by atoms with Crippen molar-refractivity contribution in [3.8, 4) is 11.5 Å². The number of nitrogens with zero attached hydrogens (tertiary/aromatic N) is 1. The molecule has 0 unspecified atom stereocenters. The molecule has 1 heterocycles. The van der Waals surface area contributed by atoms with Crippen molar-refractivity contribution in [2.24, 2.45) is 0 Å². The smallest absolute Gasteiger partial charge is 0.298 e. The topological polar surface area (TPSA) is 66.8 Å². The number of imide groups is 1. The Balaban J connectivity index is 2.01. The lowest BCUT2D eigenvalue weighted by molar-refractivity contribution is -0.113. The maximum absolute atomic E-state index is 12.9. The SMILES string of the molecule is CCOc1ccccc1N1C(=O)S/C(=C(/C)c2ccc(O)cc2)C1=O. The number of carbonyl (C=O) groups excluding carboxylic acids is 2. The summed E-state index contributed by atoms with van der Waals surface area (Å²) >= 11 is 0.910. The van der Waals surface area contributed by atoms with Gasteiger partial charge in [0.2, 0.25) is 0 Å². The molecule has 2 aromatic carbocycles. The zero-order valence-corrected chi connectivity index (χ0v) is 14.7. The maximum atomic E-state index is 12.9. The molecule has 2 amide bonds. The van der Waals surface area contributed by atoms with E-state index >= 15 is 0 Å². The number of hydrogen-bond donors (Lipinski definition) is 1. The summed E-state index contributed by atoms with van der Waals surface area (Å²) < 4.78 is 5.54. The van der Waals surface area contributed by atoms with Crippen LogP contribution in [0.4, 0.5) is 10.5 Å². The molecule has 1 aliphatic rings. The first-order valence-corrected chi connectivity index (χ1v) is 8.63. The van der Waals surface area contributed by atoms with E-state index in [1.54, 1.807) is 55.5 Å². The minimum Gasteiger partial charge on any atom is -0.508 e. The van der Waals surface area contributed by atoms with Gasteiger partial charge < -0.3 is 9.84 Å². The maximum Gasteiger partial charge on any atom is 0.298 e. The fraction of sp³-hybridized carbons (Fsp3) is 0.158. The van der Waals surface area contributed by atoms with Gasteiger partial charge in [0.05, 0.1) is 17.2 Å². The zero-order chi connectivity index (χ0) is 18.0. The fourth-order valence-corrected chi connectivity index (χ4v) is 3.46. The van der Waals surface area contributed by atoms with Crippen molar-refractivity contribution >= 4 is 34.2 Å². The highest BCUT2D eigenvalue weighted by Crippen LogP contribution is 2.41. The number of aromatic hydroxyl groups is 1. The van der Waals surface area contributed by atoms with Crippen molar-refractivity contribution in [3.05, 3.63) is 59.0 Å². The molecule has 1 fully saturated rings. The van der Waals surface area contributed by atoms with Crippen molar-refractivity contribution < 1.29 is 19.4 Å². The minimum absolute atomic E-state index is 0.148. The Morgan fingerprint density at radius 1 is 1.12 bits per heavy atom. The molecule has 128 valence electrons. The molecule has 0 bridgehead atoms. The van der Waals surface area contributed by atoms with Gasteiger partial charge in [-0.3, -0.25) is 9.59 Å². The second kappa shape index (κ2) is 7.03. The summed E-state index contributed by atoms with van der Waals surface area (Å²) in [6, 6.07) is 13.5. The molecule has 0 aliphatic carbocycles. The molecule has 2 aromatic rings.